The van der Waals surface area contributed by atoms with E-state index >= 15 is 0 Å². The van der Waals surface area contributed by atoms with Crippen LogP contribution in [0.4, 0.5) is 5.69 Å². The molecule has 0 aliphatic rings. The molecule has 0 atom stereocenters. The van der Waals surface area contributed by atoms with Gasteiger partial charge in [0.25, 0.3) is 0 Å². The minimum Gasteiger partial charge on any atom is -0.493 e. The van der Waals surface area contributed by atoms with Crippen LogP contribution in [0.3, 0.4) is 0 Å². The Labute approximate surface area is 280 Å². The van der Waals surface area contributed by atoms with E-state index in [2.05, 4.69) is 110 Å². The van der Waals surface area contributed by atoms with Crippen LogP contribution in [0.5, 0.6) is 5.75 Å². The van der Waals surface area contributed by atoms with Crippen molar-refractivity contribution < 1.29 is 9.72 Å². The van der Waals surface area contributed by atoms with Crippen LogP contribution < -0.4 is 14.6 Å². The van der Waals surface area contributed by atoms with Gasteiger partial charge in [-0.2, -0.15) is 0 Å². The fourth-order valence-electron chi connectivity index (χ4n) is 6.70. The van der Waals surface area contributed by atoms with Gasteiger partial charge in [-0.1, -0.05) is 140 Å². The van der Waals surface area contributed by atoms with Gasteiger partial charge in [-0.15, -0.1) is 0 Å². The largest absolute Gasteiger partial charge is 0.493 e. The number of benzene rings is 3. The molecule has 0 unspecified atom stereocenters. The maximum Gasteiger partial charge on any atom is 0.211 e. The van der Waals surface area contributed by atoms with Crippen molar-refractivity contribution in [3.63, 3.8) is 0 Å². The van der Waals surface area contributed by atoms with Gasteiger partial charge in [0.15, 0.2) is 0 Å². The number of hydrogen-bond acceptors (Lipinski definition) is 2. The minimum absolute atomic E-state index is 0.771. The molecule has 0 fully saturated rings. The maximum atomic E-state index is 6.52. The summed E-state index contributed by atoms with van der Waals surface area (Å²) in [6.07, 6.45) is 26.6. The van der Waals surface area contributed by atoms with Gasteiger partial charge in [0.1, 0.15) is 5.75 Å². The molecule has 3 heteroatoms. The van der Waals surface area contributed by atoms with Crippen molar-refractivity contribution in [3.05, 3.63) is 77.9 Å². The molecule has 0 aliphatic heterocycles. The van der Waals surface area contributed by atoms with E-state index < -0.39 is 0 Å². The van der Waals surface area contributed by atoms with E-state index in [4.69, 9.17) is 4.74 Å². The molecule has 0 aliphatic carbocycles. The molecule has 1 N–H and O–H groups in total. The third-order valence-electron chi connectivity index (χ3n) is 9.51. The van der Waals surface area contributed by atoms with Crippen molar-refractivity contribution >= 4 is 39.6 Å². The summed E-state index contributed by atoms with van der Waals surface area (Å²) in [7, 11) is 0. The summed E-state index contributed by atoms with van der Waals surface area (Å²) in [5.41, 5.74) is 5.90. The molecule has 1 aromatic heterocycles. The highest BCUT2D eigenvalue weighted by atomic mass is 16.5. The molecule has 0 spiro atoms. The number of hydrogen-bond donors (Lipinski definition) is 0. The number of nitrogens with one attached hydrogen (secondary N) is 1. The normalized spacial score (nSPS) is 11.6. The Hall–Kier alpha value is -3.33. The summed E-state index contributed by atoms with van der Waals surface area (Å²) in [5, 5.41) is 2.46. The van der Waals surface area contributed by atoms with Gasteiger partial charge < -0.3 is 9.64 Å². The highest BCUT2D eigenvalue weighted by molar-refractivity contribution is 6.01. The van der Waals surface area contributed by atoms with Gasteiger partial charge in [-0.05, 0) is 44.5 Å². The minimum atomic E-state index is 0.771. The van der Waals surface area contributed by atoms with E-state index in [0.717, 1.165) is 48.5 Å². The molecule has 248 valence electrons. The highest BCUT2D eigenvalue weighted by Gasteiger charge is 2.12. The molecular weight excluding hydrogens is 560 g/mol. The van der Waals surface area contributed by atoms with E-state index in [0.29, 0.717) is 0 Å². The van der Waals surface area contributed by atoms with Gasteiger partial charge in [0, 0.05) is 48.1 Å². The maximum absolute atomic E-state index is 6.52. The first-order chi connectivity index (χ1) is 22.7. The van der Waals surface area contributed by atoms with Gasteiger partial charge >= 0.3 is 0 Å². The molecule has 4 aromatic rings. The first-order valence-electron chi connectivity index (χ1n) is 18.8. The SMILES string of the molecule is CCCCCCCCCCCCCCCCCCOc1cc(N(CC)CC)ccc1/C=C/c1c2ccccc2[nH+]c2ccccc12. The first-order valence-corrected chi connectivity index (χ1v) is 18.8. The van der Waals surface area contributed by atoms with Gasteiger partial charge in [-0.25, -0.2) is 4.98 Å². The number of anilines is 1. The number of rotatable bonds is 23. The zero-order valence-corrected chi connectivity index (χ0v) is 29.3. The predicted octanol–water partition coefficient (Wildman–Crippen LogP) is 12.5. The monoisotopic (exact) mass is 621 g/mol. The Morgan fingerprint density at radius 1 is 0.565 bits per heavy atom. The molecule has 4 rings (SSSR count). The molecule has 0 bridgehead atoms. The number of pyridine rings is 1. The van der Waals surface area contributed by atoms with Crippen molar-refractivity contribution in [2.24, 2.45) is 0 Å². The number of aromatic amines is 1. The van der Waals surface area contributed by atoms with Crippen molar-refractivity contribution in [1.29, 1.82) is 0 Å². The van der Waals surface area contributed by atoms with E-state index in [1.807, 2.05) is 0 Å². The molecule has 3 aromatic carbocycles. The van der Waals surface area contributed by atoms with Crippen LogP contribution in [0.25, 0.3) is 34.0 Å². The molecule has 1 heterocycles. The van der Waals surface area contributed by atoms with E-state index in [-0.39, 0.29) is 0 Å². The first kappa shape index (κ1) is 35.5. The standard InChI is InChI=1S/C43H60N2O/c1-4-7-8-9-10-11-12-13-14-15-16-17-18-19-20-25-34-46-43-35-37(45(5-2)6-3)32-30-36(43)31-33-38-39-26-21-23-28-41(39)44-42-29-24-22-27-40(38)42/h21-24,26-33,35H,4-20,25,34H2,1-3H3/p+1/b33-31+. The second-order valence-electron chi connectivity index (χ2n) is 13.0. The number of H-pyrrole nitrogens is 1. The molecular formula is C43H61N2O+. The quantitative estimate of drug-likeness (QED) is 0.0608. The van der Waals surface area contributed by atoms with Gasteiger partial charge in [0.2, 0.25) is 11.0 Å². The van der Waals surface area contributed by atoms with Crippen LogP contribution >= 0.6 is 0 Å². The van der Waals surface area contributed by atoms with Crippen LogP contribution in [-0.4, -0.2) is 19.7 Å². The molecule has 0 amide bonds. The average Bonchev–Trinajstić information content (AvgIpc) is 3.09. The van der Waals surface area contributed by atoms with Crippen LogP contribution in [0, 0.1) is 0 Å². The Balaban J connectivity index is 1.26. The lowest BCUT2D eigenvalue weighted by atomic mass is 10.0. The Morgan fingerprint density at radius 2 is 1.07 bits per heavy atom. The lowest BCUT2D eigenvalue weighted by Crippen LogP contribution is -2.21. The summed E-state index contributed by atoms with van der Waals surface area (Å²) in [4.78, 5) is 5.99. The summed E-state index contributed by atoms with van der Waals surface area (Å²) in [6.45, 7) is 9.48. The molecule has 0 saturated heterocycles. The lowest BCUT2D eigenvalue weighted by molar-refractivity contribution is -0.310. The summed E-state index contributed by atoms with van der Waals surface area (Å²) in [5.74, 6) is 0.984. The Bertz CT molecular complexity index is 1400. The third kappa shape index (κ3) is 11.2. The number of para-hydroxylation sites is 2. The molecule has 46 heavy (non-hydrogen) atoms. The predicted molar refractivity (Wildman–Crippen MR) is 202 cm³/mol. The highest BCUT2D eigenvalue weighted by Crippen LogP contribution is 2.30. The number of unbranched alkanes of at least 4 members (excludes halogenated alkanes) is 15. The second kappa shape index (κ2) is 20.7. The Kier molecular flexibility index (Phi) is 16.0. The fraction of sp³-hybridized carbons (Fsp3) is 0.512. The summed E-state index contributed by atoms with van der Waals surface area (Å²) in [6, 6.07) is 23.9. The van der Waals surface area contributed by atoms with E-state index in [1.165, 1.54) is 118 Å². The van der Waals surface area contributed by atoms with Crippen LogP contribution in [0.2, 0.25) is 0 Å². The van der Waals surface area contributed by atoms with Crippen molar-refractivity contribution in [3.8, 4) is 5.75 Å². The third-order valence-corrected chi connectivity index (χ3v) is 9.51. The number of fused-ring (bicyclic) bond motifs is 2. The molecule has 3 nitrogen and oxygen atoms in total. The zero-order valence-electron chi connectivity index (χ0n) is 29.3. The fourth-order valence-corrected chi connectivity index (χ4v) is 6.70. The Morgan fingerprint density at radius 3 is 1.59 bits per heavy atom. The van der Waals surface area contributed by atoms with Gasteiger partial charge in [0.05, 0.1) is 17.4 Å². The number of nitrogens with zero attached hydrogens (tertiary/aromatic N) is 1. The number of ether oxygens (including phenoxy) is 1. The lowest BCUT2D eigenvalue weighted by Gasteiger charge is -2.22. The van der Waals surface area contributed by atoms with Crippen molar-refractivity contribution in [2.45, 2.75) is 124 Å². The second-order valence-corrected chi connectivity index (χ2v) is 13.0. The van der Waals surface area contributed by atoms with E-state index in [9.17, 15) is 0 Å². The number of aromatic nitrogens is 1. The van der Waals surface area contributed by atoms with E-state index in [1.54, 1.807) is 0 Å². The molecule has 0 saturated carbocycles. The summed E-state index contributed by atoms with van der Waals surface area (Å²) < 4.78 is 6.52. The smallest absolute Gasteiger partial charge is 0.211 e. The summed E-state index contributed by atoms with van der Waals surface area (Å²) >= 11 is 0. The zero-order chi connectivity index (χ0) is 32.2. The van der Waals surface area contributed by atoms with Crippen LogP contribution in [-0.2, 0) is 0 Å². The van der Waals surface area contributed by atoms with Gasteiger partial charge in [-0.3, -0.25) is 0 Å². The van der Waals surface area contributed by atoms with Crippen LogP contribution in [0.15, 0.2) is 66.7 Å². The van der Waals surface area contributed by atoms with Crippen LogP contribution in [0.1, 0.15) is 135 Å². The molecule has 0 radical (unpaired) electrons. The van der Waals surface area contributed by atoms with Crippen molar-refractivity contribution in [1.82, 2.24) is 0 Å². The van der Waals surface area contributed by atoms with Crippen molar-refractivity contribution in [2.75, 3.05) is 24.6 Å². The average molecular weight is 622 g/mol. The topological polar surface area (TPSA) is 26.6 Å².